The number of rotatable bonds is 5. The highest BCUT2D eigenvalue weighted by molar-refractivity contribution is 5.61. The van der Waals surface area contributed by atoms with E-state index >= 15 is 0 Å². The Balaban J connectivity index is 1.96. The zero-order valence-electron chi connectivity index (χ0n) is 13.6. The molecule has 118 valence electrons. The molecule has 1 aliphatic rings. The summed E-state index contributed by atoms with van der Waals surface area (Å²) in [6.45, 7) is 8.28. The second-order valence-corrected chi connectivity index (χ2v) is 6.20. The van der Waals surface area contributed by atoms with Crippen LogP contribution in [0, 0.1) is 0 Å². The summed E-state index contributed by atoms with van der Waals surface area (Å²) in [6.07, 6.45) is 0.126. The number of nitrogen functional groups attached to an aromatic ring is 1. The van der Waals surface area contributed by atoms with Gasteiger partial charge >= 0.3 is 0 Å². The highest BCUT2D eigenvalue weighted by atomic mass is 16.5. The van der Waals surface area contributed by atoms with Crippen molar-refractivity contribution in [3.8, 4) is 5.75 Å². The standard InChI is InChI=1S/C16H28N4O/c1-12(2)21-16-9-13(5-6-15(16)17)18-10-14-11-19(3)7-8-20(14)4/h5-6,9,12,14,18H,7-8,10-11,17H2,1-4H3. The second kappa shape index (κ2) is 7.00. The molecule has 21 heavy (non-hydrogen) atoms. The molecule has 1 atom stereocenters. The molecular formula is C16H28N4O. The number of nitrogens with zero attached hydrogens (tertiary/aromatic N) is 2. The van der Waals surface area contributed by atoms with E-state index in [-0.39, 0.29) is 6.10 Å². The lowest BCUT2D eigenvalue weighted by molar-refractivity contribution is 0.122. The summed E-state index contributed by atoms with van der Waals surface area (Å²) in [6, 6.07) is 6.42. The van der Waals surface area contributed by atoms with E-state index in [2.05, 4.69) is 29.2 Å². The summed E-state index contributed by atoms with van der Waals surface area (Å²) >= 11 is 0. The minimum absolute atomic E-state index is 0.126. The first kappa shape index (κ1) is 15.9. The quantitative estimate of drug-likeness (QED) is 0.809. The summed E-state index contributed by atoms with van der Waals surface area (Å²) in [4.78, 5) is 4.79. The molecule has 1 unspecified atom stereocenters. The third-order valence-corrected chi connectivity index (χ3v) is 3.90. The Morgan fingerprint density at radius 1 is 1.33 bits per heavy atom. The Hall–Kier alpha value is -1.46. The summed E-state index contributed by atoms with van der Waals surface area (Å²) in [7, 11) is 4.37. The predicted molar refractivity (Wildman–Crippen MR) is 89.0 cm³/mol. The SMILES string of the molecule is CC(C)Oc1cc(NCC2CN(C)CCN2C)ccc1N. The molecule has 5 nitrogen and oxygen atoms in total. The fraction of sp³-hybridized carbons (Fsp3) is 0.625. The third kappa shape index (κ3) is 4.51. The first-order valence-corrected chi connectivity index (χ1v) is 7.64. The highest BCUT2D eigenvalue weighted by Gasteiger charge is 2.21. The second-order valence-electron chi connectivity index (χ2n) is 6.20. The van der Waals surface area contributed by atoms with Gasteiger partial charge in [-0.25, -0.2) is 0 Å². The maximum Gasteiger partial charge on any atom is 0.144 e. The fourth-order valence-corrected chi connectivity index (χ4v) is 2.56. The van der Waals surface area contributed by atoms with Gasteiger partial charge in [0.25, 0.3) is 0 Å². The summed E-state index contributed by atoms with van der Waals surface area (Å²) in [5.74, 6) is 0.754. The van der Waals surface area contributed by atoms with Crippen LogP contribution in [0.2, 0.25) is 0 Å². The molecule has 5 heteroatoms. The molecule has 1 aromatic carbocycles. The lowest BCUT2D eigenvalue weighted by atomic mass is 10.1. The minimum Gasteiger partial charge on any atom is -0.489 e. The van der Waals surface area contributed by atoms with Gasteiger partial charge in [-0.05, 0) is 40.1 Å². The van der Waals surface area contributed by atoms with Gasteiger partial charge in [0.05, 0.1) is 11.8 Å². The van der Waals surface area contributed by atoms with Crippen molar-refractivity contribution in [1.29, 1.82) is 0 Å². The van der Waals surface area contributed by atoms with Crippen LogP contribution in [0.25, 0.3) is 0 Å². The van der Waals surface area contributed by atoms with E-state index in [0.717, 1.165) is 37.6 Å². The van der Waals surface area contributed by atoms with Gasteiger partial charge in [0.2, 0.25) is 0 Å². The maximum atomic E-state index is 5.95. The predicted octanol–water partition coefficient (Wildman–Crippen LogP) is 1.71. The van der Waals surface area contributed by atoms with Gasteiger partial charge in [0, 0.05) is 44.0 Å². The number of likely N-dealkylation sites (N-methyl/N-ethyl adjacent to an activating group) is 2. The van der Waals surface area contributed by atoms with Gasteiger partial charge in [0.1, 0.15) is 5.75 Å². The Kier molecular flexibility index (Phi) is 5.31. The first-order valence-electron chi connectivity index (χ1n) is 7.64. The smallest absolute Gasteiger partial charge is 0.144 e. The number of benzene rings is 1. The average molecular weight is 292 g/mol. The average Bonchev–Trinajstić information content (AvgIpc) is 2.42. The molecule has 1 fully saturated rings. The van der Waals surface area contributed by atoms with E-state index in [9.17, 15) is 0 Å². The lowest BCUT2D eigenvalue weighted by Crippen LogP contribution is -2.52. The summed E-state index contributed by atoms with van der Waals surface area (Å²) < 4.78 is 5.73. The molecule has 3 N–H and O–H groups in total. The molecule has 0 saturated carbocycles. The molecule has 1 aliphatic heterocycles. The minimum atomic E-state index is 0.126. The topological polar surface area (TPSA) is 53.8 Å². The van der Waals surface area contributed by atoms with Crippen molar-refractivity contribution in [1.82, 2.24) is 9.80 Å². The highest BCUT2D eigenvalue weighted by Crippen LogP contribution is 2.26. The largest absolute Gasteiger partial charge is 0.489 e. The van der Waals surface area contributed by atoms with Crippen molar-refractivity contribution < 1.29 is 4.74 Å². The van der Waals surface area contributed by atoms with Crippen molar-refractivity contribution in [2.45, 2.75) is 26.0 Å². The van der Waals surface area contributed by atoms with Crippen LogP contribution in [0.15, 0.2) is 18.2 Å². The van der Waals surface area contributed by atoms with Gasteiger partial charge in [-0.3, -0.25) is 4.90 Å². The number of anilines is 2. The summed E-state index contributed by atoms with van der Waals surface area (Å²) in [5.41, 5.74) is 7.69. The molecule has 0 spiro atoms. The van der Waals surface area contributed by atoms with Crippen LogP contribution >= 0.6 is 0 Å². The van der Waals surface area contributed by atoms with E-state index < -0.39 is 0 Å². The van der Waals surface area contributed by atoms with Gasteiger partial charge in [-0.15, -0.1) is 0 Å². The van der Waals surface area contributed by atoms with E-state index in [0.29, 0.717) is 11.7 Å². The molecule has 0 radical (unpaired) electrons. The number of nitrogens with two attached hydrogens (primary N) is 1. The van der Waals surface area contributed by atoms with Gasteiger partial charge < -0.3 is 20.7 Å². The monoisotopic (exact) mass is 292 g/mol. The molecular weight excluding hydrogens is 264 g/mol. The van der Waals surface area contributed by atoms with Crippen molar-refractivity contribution in [2.24, 2.45) is 0 Å². The van der Waals surface area contributed by atoms with Gasteiger partial charge in [-0.1, -0.05) is 0 Å². The summed E-state index contributed by atoms with van der Waals surface area (Å²) in [5, 5.41) is 3.50. The first-order chi connectivity index (χ1) is 9.95. The number of ether oxygens (including phenoxy) is 1. The molecule has 1 aromatic rings. The molecule has 2 rings (SSSR count). The maximum absolute atomic E-state index is 5.95. The van der Waals surface area contributed by atoms with E-state index in [1.807, 2.05) is 32.0 Å². The number of hydrogen-bond donors (Lipinski definition) is 2. The molecule has 1 saturated heterocycles. The van der Waals surface area contributed by atoms with Gasteiger partial charge in [0.15, 0.2) is 0 Å². The number of hydrogen-bond acceptors (Lipinski definition) is 5. The molecule has 0 aromatic heterocycles. The van der Waals surface area contributed by atoms with Crippen molar-refractivity contribution in [3.05, 3.63) is 18.2 Å². The number of piperazine rings is 1. The molecule has 1 heterocycles. The molecule has 0 aliphatic carbocycles. The van der Waals surface area contributed by atoms with Gasteiger partial charge in [-0.2, -0.15) is 0 Å². The van der Waals surface area contributed by atoms with Crippen LogP contribution in [0.4, 0.5) is 11.4 Å². The molecule has 0 amide bonds. The van der Waals surface area contributed by atoms with E-state index in [1.54, 1.807) is 0 Å². The zero-order chi connectivity index (χ0) is 15.4. The van der Waals surface area contributed by atoms with Crippen LogP contribution in [-0.4, -0.2) is 62.2 Å². The Morgan fingerprint density at radius 3 is 2.81 bits per heavy atom. The zero-order valence-corrected chi connectivity index (χ0v) is 13.6. The molecule has 0 bridgehead atoms. The van der Waals surface area contributed by atoms with Crippen LogP contribution in [0.3, 0.4) is 0 Å². The van der Waals surface area contributed by atoms with Crippen LogP contribution < -0.4 is 15.8 Å². The Bertz CT molecular complexity index is 464. The van der Waals surface area contributed by atoms with Crippen molar-refractivity contribution in [3.63, 3.8) is 0 Å². The lowest BCUT2D eigenvalue weighted by Gasteiger charge is -2.37. The Labute approximate surface area is 128 Å². The van der Waals surface area contributed by atoms with Crippen molar-refractivity contribution in [2.75, 3.05) is 51.3 Å². The fourth-order valence-electron chi connectivity index (χ4n) is 2.56. The van der Waals surface area contributed by atoms with Crippen LogP contribution in [0.1, 0.15) is 13.8 Å². The van der Waals surface area contributed by atoms with E-state index in [1.165, 1.54) is 0 Å². The van der Waals surface area contributed by atoms with Crippen molar-refractivity contribution >= 4 is 11.4 Å². The van der Waals surface area contributed by atoms with Crippen LogP contribution in [0.5, 0.6) is 5.75 Å². The Morgan fingerprint density at radius 2 is 2.10 bits per heavy atom. The van der Waals surface area contributed by atoms with Crippen LogP contribution in [-0.2, 0) is 0 Å². The van der Waals surface area contributed by atoms with E-state index in [4.69, 9.17) is 10.5 Å². The third-order valence-electron chi connectivity index (χ3n) is 3.90. The normalized spacial score (nSPS) is 20.7. The number of nitrogens with one attached hydrogen (secondary N) is 1.